The van der Waals surface area contributed by atoms with Crippen LogP contribution in [-0.4, -0.2) is 26.8 Å². The number of anilines is 2. The number of hydrogen-bond acceptors (Lipinski definition) is 5. The first kappa shape index (κ1) is 17.0. The van der Waals surface area contributed by atoms with Crippen molar-refractivity contribution in [2.45, 2.75) is 18.5 Å². The van der Waals surface area contributed by atoms with E-state index in [2.05, 4.69) is 27.4 Å². The van der Waals surface area contributed by atoms with Crippen LogP contribution in [0, 0.1) is 0 Å². The normalized spacial score (nSPS) is 10.6. The molecule has 128 valence electrons. The van der Waals surface area contributed by atoms with Crippen molar-refractivity contribution in [2.75, 3.05) is 16.8 Å². The number of nitrogens with two attached hydrogens (primary N) is 1. The fourth-order valence-corrected chi connectivity index (χ4v) is 3.01. The molecule has 0 aliphatic carbocycles. The zero-order valence-electron chi connectivity index (χ0n) is 13.8. The van der Waals surface area contributed by atoms with E-state index in [4.69, 9.17) is 5.73 Å². The van der Waals surface area contributed by atoms with E-state index < -0.39 is 0 Å². The van der Waals surface area contributed by atoms with Crippen LogP contribution < -0.4 is 11.1 Å². The summed E-state index contributed by atoms with van der Waals surface area (Å²) in [5.41, 5.74) is 9.32. The molecule has 3 aromatic rings. The second-order valence-corrected chi connectivity index (χ2v) is 6.34. The van der Waals surface area contributed by atoms with Crippen LogP contribution in [0.4, 0.5) is 11.4 Å². The summed E-state index contributed by atoms with van der Waals surface area (Å²) < 4.78 is 0. The number of H-pyrrole nitrogens is 1. The van der Waals surface area contributed by atoms with E-state index in [-0.39, 0.29) is 11.7 Å². The molecule has 1 amide bonds. The Morgan fingerprint density at radius 1 is 1.20 bits per heavy atom. The van der Waals surface area contributed by atoms with Gasteiger partial charge in [-0.3, -0.25) is 9.89 Å². The van der Waals surface area contributed by atoms with E-state index >= 15 is 0 Å². The first-order valence-electron chi connectivity index (χ1n) is 7.95. The number of aromatic nitrogens is 3. The van der Waals surface area contributed by atoms with Crippen LogP contribution in [0.1, 0.15) is 12.5 Å². The summed E-state index contributed by atoms with van der Waals surface area (Å²) in [4.78, 5) is 16.6. The molecule has 0 unspecified atom stereocenters. The minimum absolute atomic E-state index is 0.0866. The number of carbonyl (C=O) groups excluding carboxylic acids is 1. The molecule has 1 aromatic heterocycles. The Morgan fingerprint density at radius 2 is 1.96 bits per heavy atom. The molecule has 0 saturated carbocycles. The fraction of sp³-hybridized carbons (Fsp3) is 0.167. The van der Waals surface area contributed by atoms with Gasteiger partial charge in [-0.2, -0.15) is 0 Å². The zero-order valence-corrected chi connectivity index (χ0v) is 14.6. The minimum atomic E-state index is -0.0866. The highest BCUT2D eigenvalue weighted by molar-refractivity contribution is 7.99. The van der Waals surface area contributed by atoms with Crippen molar-refractivity contribution in [3.8, 4) is 11.4 Å². The topological polar surface area (TPSA) is 96.7 Å². The molecular formula is C18H19N5OS. The van der Waals surface area contributed by atoms with E-state index in [0.29, 0.717) is 16.7 Å². The van der Waals surface area contributed by atoms with Crippen molar-refractivity contribution >= 4 is 29.0 Å². The number of para-hydroxylation sites is 2. The smallest absolute Gasteiger partial charge is 0.234 e. The van der Waals surface area contributed by atoms with Crippen molar-refractivity contribution in [1.29, 1.82) is 0 Å². The molecule has 2 aromatic carbocycles. The lowest BCUT2D eigenvalue weighted by Crippen LogP contribution is -2.15. The maximum atomic E-state index is 12.2. The van der Waals surface area contributed by atoms with Crippen LogP contribution in [0.15, 0.2) is 53.7 Å². The molecule has 0 saturated heterocycles. The van der Waals surface area contributed by atoms with Gasteiger partial charge in [0.25, 0.3) is 0 Å². The maximum absolute atomic E-state index is 12.2. The van der Waals surface area contributed by atoms with Gasteiger partial charge in [-0.05, 0) is 30.2 Å². The number of hydrogen-bond donors (Lipinski definition) is 3. The highest BCUT2D eigenvalue weighted by Gasteiger charge is 2.11. The Balaban J connectivity index is 1.61. The molecule has 25 heavy (non-hydrogen) atoms. The molecule has 0 aliphatic heterocycles. The SMILES string of the molecule is CCc1ccccc1NC(=O)CSc1n[nH]c(-c2ccccc2N)n1. The van der Waals surface area contributed by atoms with Gasteiger partial charge in [-0.1, -0.05) is 49.0 Å². The number of nitrogen functional groups attached to an aromatic ring is 1. The summed E-state index contributed by atoms with van der Waals surface area (Å²) in [5.74, 6) is 0.744. The second kappa shape index (κ2) is 7.85. The average molecular weight is 353 g/mol. The summed E-state index contributed by atoms with van der Waals surface area (Å²) in [6.45, 7) is 2.06. The molecule has 0 radical (unpaired) electrons. The van der Waals surface area contributed by atoms with Crippen LogP contribution >= 0.6 is 11.8 Å². The third kappa shape index (κ3) is 4.19. The lowest BCUT2D eigenvalue weighted by Gasteiger charge is -2.08. The standard InChI is InChI=1S/C18H19N5OS/c1-2-12-7-3-6-10-15(12)20-16(24)11-25-18-21-17(22-23-18)13-8-4-5-9-14(13)19/h3-10H,2,11,19H2,1H3,(H,20,24)(H,21,22,23). The molecule has 3 rings (SSSR count). The van der Waals surface area contributed by atoms with Gasteiger partial charge in [0.05, 0.1) is 5.75 Å². The minimum Gasteiger partial charge on any atom is -0.398 e. The molecular weight excluding hydrogens is 334 g/mol. The largest absolute Gasteiger partial charge is 0.398 e. The summed E-state index contributed by atoms with van der Waals surface area (Å²) in [7, 11) is 0. The van der Waals surface area contributed by atoms with Crippen LogP contribution in [0.25, 0.3) is 11.4 Å². The van der Waals surface area contributed by atoms with Gasteiger partial charge in [0.15, 0.2) is 5.82 Å². The Kier molecular flexibility index (Phi) is 5.35. The van der Waals surface area contributed by atoms with Crippen molar-refractivity contribution in [3.63, 3.8) is 0 Å². The zero-order chi connectivity index (χ0) is 17.6. The molecule has 0 atom stereocenters. The van der Waals surface area contributed by atoms with Gasteiger partial charge in [0.1, 0.15) is 0 Å². The Bertz CT molecular complexity index is 877. The van der Waals surface area contributed by atoms with Gasteiger partial charge in [-0.15, -0.1) is 5.10 Å². The highest BCUT2D eigenvalue weighted by Crippen LogP contribution is 2.24. The first-order chi connectivity index (χ1) is 12.2. The maximum Gasteiger partial charge on any atom is 0.234 e. The summed E-state index contributed by atoms with van der Waals surface area (Å²) in [5, 5.41) is 10.4. The quantitative estimate of drug-likeness (QED) is 0.466. The van der Waals surface area contributed by atoms with Crippen LogP contribution in [0.5, 0.6) is 0 Å². The van der Waals surface area contributed by atoms with E-state index in [1.54, 1.807) is 0 Å². The molecule has 0 aliphatic rings. The van der Waals surface area contributed by atoms with Crippen LogP contribution in [0.2, 0.25) is 0 Å². The predicted octanol–water partition coefficient (Wildman–Crippen LogP) is 3.35. The van der Waals surface area contributed by atoms with Gasteiger partial charge >= 0.3 is 0 Å². The number of benzene rings is 2. The Morgan fingerprint density at radius 3 is 2.76 bits per heavy atom. The predicted molar refractivity (Wildman–Crippen MR) is 101 cm³/mol. The van der Waals surface area contributed by atoms with Gasteiger partial charge < -0.3 is 11.1 Å². The van der Waals surface area contributed by atoms with Gasteiger partial charge in [0.2, 0.25) is 11.1 Å². The second-order valence-electron chi connectivity index (χ2n) is 5.40. The summed E-state index contributed by atoms with van der Waals surface area (Å²) >= 11 is 1.28. The first-order valence-corrected chi connectivity index (χ1v) is 8.93. The summed E-state index contributed by atoms with van der Waals surface area (Å²) in [6.07, 6.45) is 0.867. The number of amides is 1. The van der Waals surface area contributed by atoms with E-state index in [1.165, 1.54) is 11.8 Å². The third-order valence-electron chi connectivity index (χ3n) is 3.69. The number of aromatic amines is 1. The fourth-order valence-electron chi connectivity index (χ4n) is 2.41. The monoisotopic (exact) mass is 353 g/mol. The number of nitrogens with zero attached hydrogens (tertiary/aromatic N) is 2. The molecule has 0 fully saturated rings. The molecule has 0 spiro atoms. The molecule has 1 heterocycles. The number of nitrogens with one attached hydrogen (secondary N) is 2. The number of thioether (sulfide) groups is 1. The number of carbonyl (C=O) groups is 1. The van der Waals surface area contributed by atoms with E-state index in [0.717, 1.165) is 23.2 Å². The van der Waals surface area contributed by atoms with Gasteiger partial charge in [-0.25, -0.2) is 4.98 Å². The number of rotatable bonds is 6. The summed E-state index contributed by atoms with van der Waals surface area (Å²) in [6, 6.07) is 15.2. The highest BCUT2D eigenvalue weighted by atomic mass is 32.2. The number of aryl methyl sites for hydroxylation is 1. The van der Waals surface area contributed by atoms with Crippen LogP contribution in [0.3, 0.4) is 0 Å². The Labute approximate surface area is 150 Å². The average Bonchev–Trinajstić information content (AvgIpc) is 3.09. The molecule has 6 nitrogen and oxygen atoms in total. The van der Waals surface area contributed by atoms with E-state index in [9.17, 15) is 4.79 Å². The lowest BCUT2D eigenvalue weighted by atomic mass is 10.1. The molecule has 0 bridgehead atoms. The van der Waals surface area contributed by atoms with Crippen LogP contribution in [-0.2, 0) is 11.2 Å². The third-order valence-corrected chi connectivity index (χ3v) is 4.53. The molecule has 4 N–H and O–H groups in total. The van der Waals surface area contributed by atoms with Crippen molar-refractivity contribution in [2.24, 2.45) is 0 Å². The van der Waals surface area contributed by atoms with E-state index in [1.807, 2.05) is 48.5 Å². The van der Waals surface area contributed by atoms with Gasteiger partial charge in [0, 0.05) is 16.9 Å². The lowest BCUT2D eigenvalue weighted by molar-refractivity contribution is -0.113. The molecule has 7 heteroatoms. The Hall–Kier alpha value is -2.80. The van der Waals surface area contributed by atoms with Crippen molar-refractivity contribution in [3.05, 3.63) is 54.1 Å². The van der Waals surface area contributed by atoms with Crippen molar-refractivity contribution < 1.29 is 4.79 Å². The van der Waals surface area contributed by atoms with Crippen molar-refractivity contribution in [1.82, 2.24) is 15.2 Å².